The third-order valence-corrected chi connectivity index (χ3v) is 3.69. The Kier molecular flexibility index (Phi) is 8.67. The SMILES string of the molecule is C=C(C)C[C@H](NC(C)=O)C(=O)N[C@@H](Cc1ccc(O)cc1)C(=O)NCC(N)=O. The number of phenolic OH excluding ortho intramolecular Hbond substituents is 1. The molecule has 0 unspecified atom stereocenters. The molecule has 0 heterocycles. The second-order valence-corrected chi connectivity index (χ2v) is 6.53. The highest BCUT2D eigenvalue weighted by atomic mass is 16.3. The molecule has 0 aromatic heterocycles. The zero-order chi connectivity index (χ0) is 21.3. The van der Waals surface area contributed by atoms with Gasteiger partial charge in [0, 0.05) is 13.3 Å². The average molecular weight is 390 g/mol. The lowest BCUT2D eigenvalue weighted by Crippen LogP contribution is -2.55. The van der Waals surface area contributed by atoms with Crippen LogP contribution in [0.4, 0.5) is 0 Å². The number of carbonyl (C=O) groups excluding carboxylic acids is 4. The molecule has 0 saturated heterocycles. The number of aromatic hydroxyl groups is 1. The summed E-state index contributed by atoms with van der Waals surface area (Å²) in [6.45, 7) is 6.37. The summed E-state index contributed by atoms with van der Waals surface area (Å²) in [7, 11) is 0. The number of nitrogens with two attached hydrogens (primary N) is 1. The molecule has 1 aromatic rings. The Bertz CT molecular complexity index is 729. The Morgan fingerprint density at radius 1 is 1.04 bits per heavy atom. The Labute approximate surface area is 163 Å². The fourth-order valence-electron chi connectivity index (χ4n) is 2.45. The van der Waals surface area contributed by atoms with Crippen LogP contribution in [0.1, 0.15) is 25.8 Å². The molecule has 9 nitrogen and oxygen atoms in total. The molecule has 0 aliphatic heterocycles. The minimum atomic E-state index is -1.02. The third-order valence-electron chi connectivity index (χ3n) is 3.69. The van der Waals surface area contributed by atoms with Gasteiger partial charge >= 0.3 is 0 Å². The molecule has 0 aliphatic rings. The van der Waals surface area contributed by atoms with Crippen molar-refractivity contribution in [2.45, 2.75) is 38.8 Å². The quantitative estimate of drug-likeness (QED) is 0.341. The monoisotopic (exact) mass is 390 g/mol. The zero-order valence-corrected chi connectivity index (χ0v) is 16.0. The van der Waals surface area contributed by atoms with Crippen LogP contribution in [0.5, 0.6) is 5.75 Å². The van der Waals surface area contributed by atoms with Gasteiger partial charge in [0.15, 0.2) is 0 Å². The molecule has 1 aromatic carbocycles. The van der Waals surface area contributed by atoms with Crippen molar-refractivity contribution < 1.29 is 24.3 Å². The number of hydrogen-bond donors (Lipinski definition) is 5. The van der Waals surface area contributed by atoms with Gasteiger partial charge in [0.25, 0.3) is 0 Å². The van der Waals surface area contributed by atoms with Crippen molar-refractivity contribution >= 4 is 23.6 Å². The first kappa shape index (κ1) is 22.7. The van der Waals surface area contributed by atoms with Gasteiger partial charge < -0.3 is 26.8 Å². The molecule has 0 spiro atoms. The molecule has 0 aliphatic carbocycles. The molecule has 0 bridgehead atoms. The van der Waals surface area contributed by atoms with Gasteiger partial charge in [-0.3, -0.25) is 19.2 Å². The van der Waals surface area contributed by atoms with Crippen LogP contribution in [0.3, 0.4) is 0 Å². The summed E-state index contributed by atoms with van der Waals surface area (Å²) in [6.07, 6.45) is 0.316. The summed E-state index contributed by atoms with van der Waals surface area (Å²) in [5.41, 5.74) is 6.40. The van der Waals surface area contributed by atoms with Crippen molar-refractivity contribution in [1.82, 2.24) is 16.0 Å². The molecular weight excluding hydrogens is 364 g/mol. The Morgan fingerprint density at radius 2 is 1.64 bits per heavy atom. The summed E-state index contributed by atoms with van der Waals surface area (Å²) >= 11 is 0. The maximum absolute atomic E-state index is 12.6. The third kappa shape index (κ3) is 8.35. The number of benzene rings is 1. The molecule has 0 fully saturated rings. The van der Waals surface area contributed by atoms with E-state index in [9.17, 15) is 24.3 Å². The summed E-state index contributed by atoms with van der Waals surface area (Å²) in [6, 6.07) is 4.22. The smallest absolute Gasteiger partial charge is 0.243 e. The molecule has 2 atom stereocenters. The van der Waals surface area contributed by atoms with E-state index in [0.29, 0.717) is 11.1 Å². The van der Waals surface area contributed by atoms with Gasteiger partial charge in [0.2, 0.25) is 23.6 Å². The van der Waals surface area contributed by atoms with E-state index in [0.717, 1.165) is 0 Å². The number of nitrogens with one attached hydrogen (secondary N) is 3. The highest BCUT2D eigenvalue weighted by Gasteiger charge is 2.26. The minimum absolute atomic E-state index is 0.0645. The van der Waals surface area contributed by atoms with E-state index in [1.54, 1.807) is 19.1 Å². The fourth-order valence-corrected chi connectivity index (χ4v) is 2.45. The summed E-state index contributed by atoms with van der Waals surface area (Å²) in [4.78, 5) is 47.4. The summed E-state index contributed by atoms with van der Waals surface area (Å²) in [5.74, 6) is -2.21. The van der Waals surface area contributed by atoms with Crippen molar-refractivity contribution in [3.05, 3.63) is 42.0 Å². The van der Waals surface area contributed by atoms with Crippen LogP contribution >= 0.6 is 0 Å². The lowest BCUT2D eigenvalue weighted by atomic mass is 10.0. The van der Waals surface area contributed by atoms with E-state index in [4.69, 9.17) is 5.73 Å². The van der Waals surface area contributed by atoms with Gasteiger partial charge in [0.05, 0.1) is 6.54 Å². The van der Waals surface area contributed by atoms with Crippen molar-refractivity contribution in [3.63, 3.8) is 0 Å². The van der Waals surface area contributed by atoms with Gasteiger partial charge in [-0.1, -0.05) is 17.7 Å². The Hall–Kier alpha value is -3.36. The molecule has 4 amide bonds. The van der Waals surface area contributed by atoms with Gasteiger partial charge in [-0.15, -0.1) is 6.58 Å². The Balaban J connectivity index is 2.97. The molecule has 6 N–H and O–H groups in total. The van der Waals surface area contributed by atoms with Crippen molar-refractivity contribution in [2.24, 2.45) is 5.73 Å². The minimum Gasteiger partial charge on any atom is -0.508 e. The van der Waals surface area contributed by atoms with Crippen molar-refractivity contribution in [3.8, 4) is 5.75 Å². The predicted molar refractivity (Wildman–Crippen MR) is 103 cm³/mol. The maximum atomic E-state index is 12.6. The topological polar surface area (TPSA) is 151 Å². The lowest BCUT2D eigenvalue weighted by molar-refractivity contribution is -0.132. The second kappa shape index (κ2) is 10.7. The number of primary amides is 1. The van der Waals surface area contributed by atoms with Crippen molar-refractivity contribution in [2.75, 3.05) is 6.54 Å². The first-order valence-electron chi connectivity index (χ1n) is 8.64. The molecular formula is C19H26N4O5. The molecule has 152 valence electrons. The molecule has 28 heavy (non-hydrogen) atoms. The van der Waals surface area contributed by atoms with Gasteiger partial charge in [-0.2, -0.15) is 0 Å². The van der Waals surface area contributed by atoms with Crippen LogP contribution in [0.25, 0.3) is 0 Å². The number of carbonyl (C=O) groups is 4. The highest BCUT2D eigenvalue weighted by Crippen LogP contribution is 2.12. The first-order chi connectivity index (χ1) is 13.1. The van der Waals surface area contributed by atoms with Crippen LogP contribution in [0, 0.1) is 0 Å². The van der Waals surface area contributed by atoms with E-state index < -0.39 is 35.7 Å². The molecule has 0 radical (unpaired) electrons. The maximum Gasteiger partial charge on any atom is 0.243 e. The fraction of sp³-hybridized carbons (Fsp3) is 0.368. The lowest BCUT2D eigenvalue weighted by Gasteiger charge is -2.23. The van der Waals surface area contributed by atoms with Crippen LogP contribution in [0.2, 0.25) is 0 Å². The highest BCUT2D eigenvalue weighted by molar-refractivity contribution is 5.93. The molecule has 9 heteroatoms. The van der Waals surface area contributed by atoms with Crippen LogP contribution < -0.4 is 21.7 Å². The standard InChI is InChI=1S/C19H26N4O5/c1-11(2)8-15(22-12(3)24)19(28)23-16(18(27)21-10-17(20)26)9-13-4-6-14(25)7-5-13/h4-7,15-16,25H,1,8-10H2,2-3H3,(H2,20,26)(H,21,27)(H,22,24)(H,23,28)/t15-,16-/m0/s1. The Morgan fingerprint density at radius 3 is 2.14 bits per heavy atom. The second-order valence-electron chi connectivity index (χ2n) is 6.53. The summed E-state index contributed by atoms with van der Waals surface area (Å²) in [5, 5.41) is 16.9. The van der Waals surface area contributed by atoms with Crippen LogP contribution in [0.15, 0.2) is 36.4 Å². The van der Waals surface area contributed by atoms with E-state index in [2.05, 4.69) is 22.5 Å². The number of amides is 4. The molecule has 1 rings (SSSR count). The zero-order valence-electron chi connectivity index (χ0n) is 16.0. The number of rotatable bonds is 10. The summed E-state index contributed by atoms with van der Waals surface area (Å²) < 4.78 is 0. The van der Waals surface area contributed by atoms with Gasteiger partial charge in [-0.05, 0) is 31.0 Å². The molecule has 0 saturated carbocycles. The van der Waals surface area contributed by atoms with E-state index >= 15 is 0 Å². The first-order valence-corrected chi connectivity index (χ1v) is 8.64. The van der Waals surface area contributed by atoms with Gasteiger partial charge in [-0.25, -0.2) is 0 Å². The van der Waals surface area contributed by atoms with Gasteiger partial charge in [0.1, 0.15) is 17.8 Å². The van der Waals surface area contributed by atoms with E-state index in [1.165, 1.54) is 19.1 Å². The number of phenols is 1. The van der Waals surface area contributed by atoms with Crippen LogP contribution in [-0.4, -0.2) is 47.4 Å². The number of hydrogen-bond acceptors (Lipinski definition) is 5. The normalized spacial score (nSPS) is 12.4. The predicted octanol–water partition coefficient (Wildman–Crippen LogP) is -0.508. The largest absolute Gasteiger partial charge is 0.508 e. The van der Waals surface area contributed by atoms with E-state index in [-0.39, 0.29) is 25.1 Å². The van der Waals surface area contributed by atoms with Crippen LogP contribution in [-0.2, 0) is 25.6 Å². The average Bonchev–Trinajstić information content (AvgIpc) is 2.59. The van der Waals surface area contributed by atoms with Crippen molar-refractivity contribution in [1.29, 1.82) is 0 Å². The van der Waals surface area contributed by atoms with E-state index in [1.807, 2.05) is 0 Å².